The lowest BCUT2D eigenvalue weighted by Gasteiger charge is -2.31. The Balaban J connectivity index is 1.51. The van der Waals surface area contributed by atoms with E-state index in [1.165, 1.54) is 12.1 Å². The second-order valence-electron chi connectivity index (χ2n) is 7.02. The fourth-order valence-electron chi connectivity index (χ4n) is 3.54. The van der Waals surface area contributed by atoms with Crippen LogP contribution in [0.15, 0.2) is 28.8 Å². The van der Waals surface area contributed by atoms with E-state index in [4.69, 9.17) is 9.26 Å². The van der Waals surface area contributed by atoms with Crippen LogP contribution < -0.4 is 0 Å². The molecule has 0 spiro atoms. The third kappa shape index (κ3) is 5.77. The fraction of sp³-hybridized carbons (Fsp3) is 0.579. The van der Waals surface area contributed by atoms with Gasteiger partial charge in [0.2, 0.25) is 5.89 Å². The van der Waals surface area contributed by atoms with Crippen LogP contribution in [-0.2, 0) is 30.5 Å². The molecule has 5 nitrogen and oxygen atoms in total. The van der Waals surface area contributed by atoms with E-state index in [2.05, 4.69) is 15.0 Å². The van der Waals surface area contributed by atoms with Gasteiger partial charge in [0.25, 0.3) is 0 Å². The summed E-state index contributed by atoms with van der Waals surface area (Å²) in [4.78, 5) is 6.56. The largest absolute Gasteiger partial charge is 0.416 e. The van der Waals surface area contributed by atoms with Crippen LogP contribution in [0.1, 0.15) is 42.1 Å². The molecule has 1 aromatic carbocycles. The molecule has 0 unspecified atom stereocenters. The first-order valence-electron chi connectivity index (χ1n) is 9.13. The van der Waals surface area contributed by atoms with Gasteiger partial charge in [0, 0.05) is 13.7 Å². The van der Waals surface area contributed by atoms with Crippen LogP contribution in [0.3, 0.4) is 0 Å². The number of aromatic nitrogens is 2. The van der Waals surface area contributed by atoms with Crippen LogP contribution in [0.5, 0.6) is 0 Å². The molecule has 0 amide bonds. The van der Waals surface area contributed by atoms with Crippen molar-refractivity contribution in [3.63, 3.8) is 0 Å². The number of aryl methyl sites for hydroxylation is 1. The van der Waals surface area contributed by atoms with Gasteiger partial charge in [0.1, 0.15) is 6.61 Å². The predicted octanol–water partition coefficient (Wildman–Crippen LogP) is 4.08. The van der Waals surface area contributed by atoms with Gasteiger partial charge in [-0.25, -0.2) is 0 Å². The summed E-state index contributed by atoms with van der Waals surface area (Å²) >= 11 is 0. The van der Waals surface area contributed by atoms with E-state index in [1.807, 2.05) is 0 Å². The Labute approximate surface area is 156 Å². The molecule has 1 aliphatic heterocycles. The standard InChI is InChI=1S/C19H24F3N3O2/c1-26-13-17-23-18(27-24-17)12-25-9-3-5-15(11-25)8-7-14-4-2-6-16(10-14)19(20,21)22/h2,4,6,10,15H,3,5,7-9,11-13H2,1H3/t15-/m0/s1. The van der Waals surface area contributed by atoms with Gasteiger partial charge in [0.15, 0.2) is 5.82 Å². The molecule has 2 aromatic rings. The molecule has 3 rings (SSSR count). The molecule has 0 radical (unpaired) electrons. The Morgan fingerprint density at radius 2 is 2.19 bits per heavy atom. The Hall–Kier alpha value is -1.93. The lowest BCUT2D eigenvalue weighted by atomic mass is 9.91. The Kier molecular flexibility index (Phi) is 6.49. The quantitative estimate of drug-likeness (QED) is 0.721. The molecular weight excluding hydrogens is 359 g/mol. The number of methoxy groups -OCH3 is 1. The van der Waals surface area contributed by atoms with E-state index in [0.717, 1.165) is 44.0 Å². The van der Waals surface area contributed by atoms with Crippen molar-refractivity contribution in [1.82, 2.24) is 15.0 Å². The maximum absolute atomic E-state index is 12.8. The van der Waals surface area contributed by atoms with Gasteiger partial charge in [-0.1, -0.05) is 23.4 Å². The van der Waals surface area contributed by atoms with Crippen LogP contribution in [0, 0.1) is 5.92 Å². The van der Waals surface area contributed by atoms with Crippen molar-refractivity contribution in [3.05, 3.63) is 47.1 Å². The van der Waals surface area contributed by atoms with E-state index >= 15 is 0 Å². The molecule has 1 saturated heterocycles. The summed E-state index contributed by atoms with van der Waals surface area (Å²) in [6, 6.07) is 5.63. The zero-order valence-electron chi connectivity index (χ0n) is 15.3. The van der Waals surface area contributed by atoms with Crippen molar-refractivity contribution in [3.8, 4) is 0 Å². The first-order chi connectivity index (χ1) is 12.9. The zero-order valence-corrected chi connectivity index (χ0v) is 15.3. The number of hydrogen-bond acceptors (Lipinski definition) is 5. The summed E-state index contributed by atoms with van der Waals surface area (Å²) in [5.41, 5.74) is 0.164. The third-order valence-corrected chi connectivity index (χ3v) is 4.84. The van der Waals surface area contributed by atoms with Crippen LogP contribution in [0.25, 0.3) is 0 Å². The van der Waals surface area contributed by atoms with E-state index in [0.29, 0.717) is 37.2 Å². The summed E-state index contributed by atoms with van der Waals surface area (Å²) in [5.74, 6) is 1.56. The van der Waals surface area contributed by atoms with Gasteiger partial charge in [-0.3, -0.25) is 4.90 Å². The minimum Gasteiger partial charge on any atom is -0.377 e. The molecule has 148 valence electrons. The van der Waals surface area contributed by atoms with Crippen LogP contribution in [-0.4, -0.2) is 35.2 Å². The molecule has 0 bridgehead atoms. The number of likely N-dealkylation sites (tertiary alicyclic amines) is 1. The first-order valence-corrected chi connectivity index (χ1v) is 9.13. The molecule has 1 fully saturated rings. The molecule has 0 saturated carbocycles. The van der Waals surface area contributed by atoms with Gasteiger partial charge in [-0.05, 0) is 49.8 Å². The van der Waals surface area contributed by atoms with Crippen molar-refractivity contribution < 1.29 is 22.4 Å². The first kappa shape index (κ1) is 19.8. The molecule has 0 N–H and O–H groups in total. The fourth-order valence-corrected chi connectivity index (χ4v) is 3.54. The molecule has 27 heavy (non-hydrogen) atoms. The summed E-state index contributed by atoms with van der Waals surface area (Å²) in [5, 5.41) is 3.86. The number of benzene rings is 1. The molecular formula is C19H24F3N3O2. The SMILES string of the molecule is COCc1noc(CN2CCC[C@@H](CCc3cccc(C(F)(F)F)c3)C2)n1. The molecule has 1 aromatic heterocycles. The minimum absolute atomic E-state index is 0.323. The van der Waals surface area contributed by atoms with Crippen molar-refractivity contribution in [2.24, 2.45) is 5.92 Å². The highest BCUT2D eigenvalue weighted by Gasteiger charge is 2.30. The Morgan fingerprint density at radius 3 is 2.96 bits per heavy atom. The maximum atomic E-state index is 12.8. The highest BCUT2D eigenvalue weighted by molar-refractivity contribution is 5.25. The normalized spacial score (nSPS) is 18.7. The summed E-state index contributed by atoms with van der Waals surface area (Å²) in [6.45, 7) is 2.77. The number of rotatable bonds is 7. The van der Waals surface area contributed by atoms with Gasteiger partial charge in [0.05, 0.1) is 12.1 Å². The minimum atomic E-state index is -4.29. The lowest BCUT2D eigenvalue weighted by molar-refractivity contribution is -0.137. The van der Waals surface area contributed by atoms with Crippen LogP contribution in [0.2, 0.25) is 0 Å². The summed E-state index contributed by atoms with van der Waals surface area (Å²) < 4.78 is 48.7. The second kappa shape index (κ2) is 8.84. The van der Waals surface area contributed by atoms with Crippen LogP contribution >= 0.6 is 0 Å². The van der Waals surface area contributed by atoms with E-state index < -0.39 is 11.7 Å². The maximum Gasteiger partial charge on any atom is 0.416 e. The number of halogens is 3. The van der Waals surface area contributed by atoms with Crippen molar-refractivity contribution in [1.29, 1.82) is 0 Å². The number of hydrogen-bond donors (Lipinski definition) is 0. The average Bonchev–Trinajstić information content (AvgIpc) is 3.07. The molecule has 8 heteroatoms. The number of alkyl halides is 3. The molecule has 2 heterocycles. The molecule has 0 aliphatic carbocycles. The third-order valence-electron chi connectivity index (χ3n) is 4.84. The van der Waals surface area contributed by atoms with Crippen molar-refractivity contribution in [2.45, 2.75) is 45.0 Å². The topological polar surface area (TPSA) is 51.4 Å². The van der Waals surface area contributed by atoms with Gasteiger partial charge in [-0.2, -0.15) is 18.2 Å². The molecule has 1 aliphatic rings. The smallest absolute Gasteiger partial charge is 0.377 e. The van der Waals surface area contributed by atoms with Gasteiger partial charge in [-0.15, -0.1) is 0 Å². The zero-order chi connectivity index (χ0) is 19.3. The highest BCUT2D eigenvalue weighted by Crippen LogP contribution is 2.30. The Bertz CT molecular complexity index is 733. The predicted molar refractivity (Wildman–Crippen MR) is 92.8 cm³/mol. The average molecular weight is 383 g/mol. The summed E-state index contributed by atoms with van der Waals surface area (Å²) in [7, 11) is 1.58. The molecule has 1 atom stereocenters. The second-order valence-corrected chi connectivity index (χ2v) is 7.02. The van der Waals surface area contributed by atoms with E-state index in [9.17, 15) is 13.2 Å². The highest BCUT2D eigenvalue weighted by atomic mass is 19.4. The van der Waals surface area contributed by atoms with E-state index in [-0.39, 0.29) is 0 Å². The van der Waals surface area contributed by atoms with Crippen molar-refractivity contribution >= 4 is 0 Å². The van der Waals surface area contributed by atoms with Crippen LogP contribution in [0.4, 0.5) is 13.2 Å². The number of piperidine rings is 1. The van der Waals surface area contributed by atoms with E-state index in [1.54, 1.807) is 13.2 Å². The summed E-state index contributed by atoms with van der Waals surface area (Å²) in [6.07, 6.45) is -0.610. The van der Waals surface area contributed by atoms with Gasteiger partial charge >= 0.3 is 6.18 Å². The number of ether oxygens (including phenoxy) is 1. The lowest BCUT2D eigenvalue weighted by Crippen LogP contribution is -2.35. The Morgan fingerprint density at radius 1 is 1.33 bits per heavy atom. The number of nitrogens with zero attached hydrogens (tertiary/aromatic N) is 3. The monoisotopic (exact) mass is 383 g/mol. The van der Waals surface area contributed by atoms with Crippen molar-refractivity contribution in [2.75, 3.05) is 20.2 Å². The van der Waals surface area contributed by atoms with Gasteiger partial charge < -0.3 is 9.26 Å².